The maximum atomic E-state index is 9.98. The van der Waals surface area contributed by atoms with E-state index >= 15 is 0 Å². The van der Waals surface area contributed by atoms with E-state index in [0.29, 0.717) is 0 Å². The molecular weight excluding hydrogens is 128 g/mol. The van der Waals surface area contributed by atoms with Gasteiger partial charge in [-0.25, -0.2) is 0 Å². The zero-order chi connectivity index (χ0) is 5.70. The Hall–Kier alpha value is 0.110. The van der Waals surface area contributed by atoms with Crippen LogP contribution in [0.3, 0.4) is 0 Å². The minimum atomic E-state index is -0.168. The number of thiol groups is 1. The highest BCUT2D eigenvalue weighted by Crippen LogP contribution is 2.06. The Morgan fingerprint density at radius 3 is 2.57 bits per heavy atom. The van der Waals surface area contributed by atoms with Crippen molar-refractivity contribution >= 4 is 28.8 Å². The molecule has 0 aliphatic heterocycles. The van der Waals surface area contributed by atoms with Crippen LogP contribution in [0.25, 0.3) is 0 Å². The number of carbonyl (C=O) groups excluding carboxylic acids is 1. The third kappa shape index (κ3) is 6.11. The van der Waals surface area contributed by atoms with Crippen LogP contribution in [0.1, 0.15) is 6.92 Å². The zero-order valence-corrected chi connectivity index (χ0v) is 5.63. The first-order valence-corrected chi connectivity index (χ1v) is 3.11. The van der Waals surface area contributed by atoms with Crippen LogP contribution >= 0.6 is 24.4 Å². The highest BCUT2D eigenvalue weighted by molar-refractivity contribution is 8.33. The van der Waals surface area contributed by atoms with Gasteiger partial charge in [0.05, 0.1) is 0 Å². The first-order chi connectivity index (χ1) is 3.27. The lowest BCUT2D eigenvalue weighted by atomic mass is 10.8. The van der Waals surface area contributed by atoms with Crippen LogP contribution in [0.4, 0.5) is 4.79 Å². The summed E-state index contributed by atoms with van der Waals surface area (Å²) >= 11 is 4.58. The molecule has 0 N–H and O–H groups in total. The van der Waals surface area contributed by atoms with Crippen LogP contribution in [0.15, 0.2) is 11.5 Å². The van der Waals surface area contributed by atoms with E-state index in [1.54, 1.807) is 11.5 Å². The van der Waals surface area contributed by atoms with Crippen LogP contribution in [0.5, 0.6) is 0 Å². The predicted molar refractivity (Wildman–Crippen MR) is 36.8 cm³/mol. The number of allylic oxidation sites excluding steroid dienone is 1. The second-order valence-corrected chi connectivity index (χ2v) is 2.44. The molecule has 0 rings (SSSR count). The predicted octanol–water partition coefficient (Wildman–Crippen LogP) is 2.30. The smallest absolute Gasteiger partial charge is 0.247 e. The van der Waals surface area contributed by atoms with Crippen molar-refractivity contribution in [3.8, 4) is 0 Å². The SMILES string of the molecule is CC=CSC(=O)S. The summed E-state index contributed by atoms with van der Waals surface area (Å²) in [7, 11) is 0. The van der Waals surface area contributed by atoms with Gasteiger partial charge in [0.2, 0.25) is 4.45 Å². The van der Waals surface area contributed by atoms with E-state index < -0.39 is 0 Å². The average molecular weight is 134 g/mol. The first kappa shape index (κ1) is 7.11. The molecule has 0 bridgehead atoms. The monoisotopic (exact) mass is 134 g/mol. The van der Waals surface area contributed by atoms with Gasteiger partial charge in [-0.05, 0) is 24.1 Å². The maximum Gasteiger partial charge on any atom is 0.247 e. The Morgan fingerprint density at radius 1 is 1.86 bits per heavy atom. The highest BCUT2D eigenvalue weighted by atomic mass is 32.2. The minimum Gasteiger partial charge on any atom is -0.274 e. The maximum absolute atomic E-state index is 9.98. The summed E-state index contributed by atoms with van der Waals surface area (Å²) in [5, 5.41) is 1.69. The second-order valence-electron chi connectivity index (χ2n) is 0.853. The van der Waals surface area contributed by atoms with E-state index in [1.807, 2.05) is 6.92 Å². The van der Waals surface area contributed by atoms with Gasteiger partial charge in [-0.15, -0.1) is 0 Å². The molecule has 0 aromatic heterocycles. The van der Waals surface area contributed by atoms with E-state index in [4.69, 9.17) is 0 Å². The van der Waals surface area contributed by atoms with Gasteiger partial charge in [-0.2, -0.15) is 0 Å². The highest BCUT2D eigenvalue weighted by Gasteiger charge is 1.83. The number of hydrogen-bond acceptors (Lipinski definition) is 2. The molecule has 1 nitrogen and oxygen atoms in total. The second kappa shape index (κ2) is 4.27. The van der Waals surface area contributed by atoms with Crippen molar-refractivity contribution in [3.05, 3.63) is 11.5 Å². The molecule has 0 heterocycles. The standard InChI is InChI=1S/C4H6OS2/c1-2-3-7-4(5)6/h2-3H,1H3,(H,5,6). The molecule has 0 saturated heterocycles. The van der Waals surface area contributed by atoms with Gasteiger partial charge in [0.25, 0.3) is 0 Å². The molecule has 0 fully saturated rings. The number of hydrogen-bond donors (Lipinski definition) is 1. The van der Waals surface area contributed by atoms with Crippen molar-refractivity contribution < 1.29 is 4.79 Å². The van der Waals surface area contributed by atoms with E-state index in [-0.39, 0.29) is 4.45 Å². The first-order valence-electron chi connectivity index (χ1n) is 1.78. The topological polar surface area (TPSA) is 17.1 Å². The summed E-state index contributed by atoms with van der Waals surface area (Å²) in [5.74, 6) is 0. The van der Waals surface area contributed by atoms with Crippen LogP contribution < -0.4 is 0 Å². The van der Waals surface area contributed by atoms with Crippen LogP contribution in [-0.2, 0) is 0 Å². The fourth-order valence-corrected chi connectivity index (χ4v) is 0.561. The van der Waals surface area contributed by atoms with Crippen molar-refractivity contribution in [1.29, 1.82) is 0 Å². The van der Waals surface area contributed by atoms with E-state index in [0.717, 1.165) is 11.8 Å². The molecule has 0 atom stereocenters. The Balaban J connectivity index is 3.14. The van der Waals surface area contributed by atoms with Gasteiger partial charge in [0.15, 0.2) is 0 Å². The van der Waals surface area contributed by atoms with Gasteiger partial charge < -0.3 is 0 Å². The number of thioether (sulfide) groups is 1. The van der Waals surface area contributed by atoms with Gasteiger partial charge in [0.1, 0.15) is 0 Å². The summed E-state index contributed by atoms with van der Waals surface area (Å²) in [6.07, 6.45) is 1.79. The van der Waals surface area contributed by atoms with Gasteiger partial charge in [-0.3, -0.25) is 4.79 Å². The molecule has 0 unspecified atom stereocenters. The van der Waals surface area contributed by atoms with Crippen molar-refractivity contribution in [2.24, 2.45) is 0 Å². The fourth-order valence-electron chi connectivity index (χ4n) is 0.126. The van der Waals surface area contributed by atoms with Crippen LogP contribution in [-0.4, -0.2) is 4.45 Å². The van der Waals surface area contributed by atoms with Crippen LogP contribution in [0, 0.1) is 0 Å². The summed E-state index contributed by atoms with van der Waals surface area (Å²) in [4.78, 5) is 9.98. The van der Waals surface area contributed by atoms with Crippen molar-refractivity contribution in [2.45, 2.75) is 6.92 Å². The lowest BCUT2D eigenvalue weighted by Gasteiger charge is -1.76. The molecule has 0 aliphatic rings. The molecule has 0 radical (unpaired) electrons. The fraction of sp³-hybridized carbons (Fsp3) is 0.250. The van der Waals surface area contributed by atoms with E-state index in [1.165, 1.54) is 0 Å². The third-order valence-corrected chi connectivity index (χ3v) is 1.23. The van der Waals surface area contributed by atoms with Gasteiger partial charge >= 0.3 is 0 Å². The summed E-state index contributed by atoms with van der Waals surface area (Å²) in [6.45, 7) is 1.85. The molecule has 0 amide bonds. The van der Waals surface area contributed by atoms with E-state index in [9.17, 15) is 4.79 Å². The molecule has 7 heavy (non-hydrogen) atoms. The lowest BCUT2D eigenvalue weighted by Crippen LogP contribution is -1.61. The molecule has 0 saturated carbocycles. The Kier molecular flexibility index (Phi) is 4.34. The minimum absolute atomic E-state index is 0.168. The molecule has 0 spiro atoms. The Labute approximate surface area is 52.6 Å². The summed E-state index contributed by atoms with van der Waals surface area (Å²) in [6, 6.07) is 0. The molecule has 0 aromatic rings. The molecule has 3 heteroatoms. The van der Waals surface area contributed by atoms with Crippen LogP contribution in [0.2, 0.25) is 0 Å². The average Bonchev–Trinajstić information content (AvgIpc) is 1.61. The zero-order valence-electron chi connectivity index (χ0n) is 3.92. The Bertz CT molecular complexity index is 87.7. The summed E-state index contributed by atoms with van der Waals surface area (Å²) < 4.78 is -0.168. The van der Waals surface area contributed by atoms with Gasteiger partial charge in [0, 0.05) is 0 Å². The van der Waals surface area contributed by atoms with E-state index in [2.05, 4.69) is 12.6 Å². The Morgan fingerprint density at radius 2 is 2.43 bits per heavy atom. The van der Waals surface area contributed by atoms with Gasteiger partial charge in [-0.1, -0.05) is 18.7 Å². The largest absolute Gasteiger partial charge is 0.274 e. The number of rotatable bonds is 1. The summed E-state index contributed by atoms with van der Waals surface area (Å²) in [5.41, 5.74) is 0. The van der Waals surface area contributed by atoms with Crippen molar-refractivity contribution in [2.75, 3.05) is 0 Å². The third-order valence-electron chi connectivity index (χ3n) is 0.305. The molecule has 40 valence electrons. The van der Waals surface area contributed by atoms with Crippen molar-refractivity contribution in [1.82, 2.24) is 0 Å². The number of carbonyl (C=O) groups is 1. The molecule has 0 aliphatic carbocycles. The molecule has 0 aromatic carbocycles. The normalized spacial score (nSPS) is 10.0. The van der Waals surface area contributed by atoms with Crippen molar-refractivity contribution in [3.63, 3.8) is 0 Å². The lowest BCUT2D eigenvalue weighted by molar-refractivity contribution is 0.277. The quantitative estimate of drug-likeness (QED) is 0.554. The molecular formula is C4H6OS2.